The molecule has 1 nitrogen and oxygen atoms in total. The van der Waals surface area contributed by atoms with Crippen molar-refractivity contribution in [1.82, 2.24) is 0 Å². The number of fused-ring (bicyclic) bond motifs is 5. The molecule has 0 radical (unpaired) electrons. The lowest BCUT2D eigenvalue weighted by Crippen LogP contribution is -1.90. The number of hydrogen-bond acceptors (Lipinski definition) is 1. The van der Waals surface area contributed by atoms with E-state index in [1.807, 2.05) is 0 Å². The minimum absolute atomic E-state index is 0.00303. The molecule has 154 valence electrons. The smallest absolute Gasteiger partial charge is 0.135 e. The fourth-order valence-electron chi connectivity index (χ4n) is 4.43. The molecule has 6 aromatic carbocycles. The summed E-state index contributed by atoms with van der Waals surface area (Å²) in [6.45, 7) is 0. The summed E-state index contributed by atoms with van der Waals surface area (Å²) >= 11 is 0. The van der Waals surface area contributed by atoms with Crippen LogP contribution in [0, 0.1) is 0 Å². The van der Waals surface area contributed by atoms with E-state index >= 15 is 0 Å². The van der Waals surface area contributed by atoms with Gasteiger partial charge in [0, 0.05) is 10.8 Å². The largest absolute Gasteiger partial charge is 0.456 e. The molecule has 7 aromatic rings. The Labute approximate surface area is 207 Å². The van der Waals surface area contributed by atoms with E-state index in [0.29, 0.717) is 16.5 Å². The number of para-hydroxylation sites is 1. The van der Waals surface area contributed by atoms with Crippen LogP contribution in [0.3, 0.4) is 0 Å². The topological polar surface area (TPSA) is 13.1 Å². The minimum Gasteiger partial charge on any atom is -0.456 e. The van der Waals surface area contributed by atoms with E-state index in [1.165, 1.54) is 0 Å². The molecule has 0 aliphatic heterocycles. The molecule has 1 heteroatoms. The lowest BCUT2D eigenvalue weighted by atomic mass is 9.86. The molecule has 0 saturated heterocycles. The fraction of sp³-hybridized carbons (Fsp3) is 0. The molecular weight excluding hydrogens is 400 g/mol. The second-order valence-electron chi connectivity index (χ2n) is 7.67. The highest BCUT2D eigenvalue weighted by atomic mass is 16.3. The van der Waals surface area contributed by atoms with Gasteiger partial charge in [0.05, 0.1) is 15.1 Å². The first-order valence-electron chi connectivity index (χ1n) is 15.9. The lowest BCUT2D eigenvalue weighted by molar-refractivity contribution is 0.669. The van der Waals surface area contributed by atoms with E-state index in [4.69, 9.17) is 18.1 Å². The van der Waals surface area contributed by atoms with Crippen molar-refractivity contribution >= 4 is 43.5 Å². The zero-order chi connectivity index (χ0) is 31.4. The lowest BCUT2D eigenvalue weighted by Gasteiger charge is -2.17. The fourth-order valence-corrected chi connectivity index (χ4v) is 4.43. The third-order valence-electron chi connectivity index (χ3n) is 5.83. The van der Waals surface area contributed by atoms with E-state index in [2.05, 4.69) is 0 Å². The average Bonchev–Trinajstić information content (AvgIpc) is 3.43. The van der Waals surface area contributed by atoms with Crippen LogP contribution < -0.4 is 0 Å². The number of hydrogen-bond donors (Lipinski definition) is 0. The van der Waals surface area contributed by atoms with Crippen molar-refractivity contribution in [3.63, 3.8) is 0 Å². The maximum atomic E-state index is 9.37. The van der Waals surface area contributed by atoms with E-state index in [0.717, 1.165) is 0 Å². The highest BCUT2D eigenvalue weighted by Crippen LogP contribution is 2.44. The maximum Gasteiger partial charge on any atom is 0.135 e. The van der Waals surface area contributed by atoms with Crippen LogP contribution in [0.1, 0.15) is 15.1 Å². The SMILES string of the molecule is [2H]c1c(-c2c3c([2H])c([2H])c([2H])c([2H])c3c(-c3ccccc3)c3c([2H])c([2H])c([2H])c([2H])c23)c([2H])c2c(oc3ccccc32)c1[2H]. The van der Waals surface area contributed by atoms with Gasteiger partial charge in [-0.1, -0.05) is 103 Å². The van der Waals surface area contributed by atoms with Crippen molar-refractivity contribution in [1.29, 1.82) is 0 Å². The quantitative estimate of drug-likeness (QED) is 0.249. The van der Waals surface area contributed by atoms with E-state index in [-0.39, 0.29) is 61.3 Å². The Hall–Kier alpha value is -4.36. The Morgan fingerprint density at radius 1 is 0.455 bits per heavy atom. The van der Waals surface area contributed by atoms with Gasteiger partial charge in [-0.05, 0) is 61.9 Å². The summed E-state index contributed by atoms with van der Waals surface area (Å²) < 4.78 is 103. The van der Waals surface area contributed by atoms with Gasteiger partial charge in [0.1, 0.15) is 11.2 Å². The van der Waals surface area contributed by atoms with Crippen LogP contribution in [0.5, 0.6) is 0 Å². The Balaban J connectivity index is 1.88. The monoisotopic (exact) mass is 431 g/mol. The summed E-state index contributed by atoms with van der Waals surface area (Å²) in [7, 11) is 0. The van der Waals surface area contributed by atoms with Crippen LogP contribution in [-0.2, 0) is 0 Å². The molecular formula is C32H20O. The molecule has 0 bridgehead atoms. The van der Waals surface area contributed by atoms with Crippen molar-refractivity contribution in [2.24, 2.45) is 0 Å². The van der Waals surface area contributed by atoms with Gasteiger partial charge in [-0.25, -0.2) is 0 Å². The van der Waals surface area contributed by atoms with Crippen molar-refractivity contribution in [2.75, 3.05) is 0 Å². The van der Waals surface area contributed by atoms with Gasteiger partial charge in [-0.15, -0.1) is 0 Å². The Bertz CT molecular complexity index is 2310. The first-order chi connectivity index (χ1) is 21.0. The maximum absolute atomic E-state index is 9.37. The Kier molecular flexibility index (Phi) is 2.25. The summed E-state index contributed by atoms with van der Waals surface area (Å²) in [5.74, 6) is 0. The van der Waals surface area contributed by atoms with E-state index in [9.17, 15) is 1.37 Å². The number of rotatable bonds is 2. The molecule has 0 N–H and O–H groups in total. The predicted octanol–water partition coefficient (Wildman–Crippen LogP) is 9.23. The second-order valence-corrected chi connectivity index (χ2v) is 7.67. The third-order valence-corrected chi connectivity index (χ3v) is 5.83. The van der Waals surface area contributed by atoms with Gasteiger partial charge in [-0.3, -0.25) is 0 Å². The predicted molar refractivity (Wildman–Crippen MR) is 140 cm³/mol. The van der Waals surface area contributed by atoms with Gasteiger partial charge in [0.25, 0.3) is 0 Å². The van der Waals surface area contributed by atoms with Gasteiger partial charge in [0.2, 0.25) is 0 Å². The molecule has 33 heavy (non-hydrogen) atoms. The van der Waals surface area contributed by atoms with Crippen LogP contribution in [0.15, 0.2) is 125 Å². The number of furan rings is 1. The number of benzene rings is 6. The van der Waals surface area contributed by atoms with E-state index < -0.39 is 54.4 Å². The first-order valence-corrected chi connectivity index (χ1v) is 10.4. The van der Waals surface area contributed by atoms with Gasteiger partial charge < -0.3 is 4.42 Å². The minimum atomic E-state index is -0.582. The summed E-state index contributed by atoms with van der Waals surface area (Å²) in [6, 6.07) is 10.2. The molecule has 0 saturated carbocycles. The van der Waals surface area contributed by atoms with Crippen molar-refractivity contribution in [3.8, 4) is 22.3 Å². The van der Waals surface area contributed by atoms with Crippen LogP contribution >= 0.6 is 0 Å². The highest BCUT2D eigenvalue weighted by Gasteiger charge is 2.17. The normalized spacial score (nSPS) is 16.3. The zero-order valence-corrected chi connectivity index (χ0v) is 17.1. The molecule has 0 aliphatic carbocycles. The molecule has 1 aromatic heterocycles. The second kappa shape index (κ2) is 7.08. The highest BCUT2D eigenvalue weighted by molar-refractivity contribution is 6.22. The van der Waals surface area contributed by atoms with Gasteiger partial charge >= 0.3 is 0 Å². The van der Waals surface area contributed by atoms with Crippen molar-refractivity contribution < 1.29 is 19.5 Å². The van der Waals surface area contributed by atoms with Crippen LogP contribution in [-0.4, -0.2) is 0 Å². The van der Waals surface area contributed by atoms with Crippen LogP contribution in [0.25, 0.3) is 65.7 Å². The molecule has 0 aliphatic rings. The van der Waals surface area contributed by atoms with Crippen LogP contribution in [0.4, 0.5) is 0 Å². The summed E-state index contributed by atoms with van der Waals surface area (Å²) in [5, 5.41) is 0.462. The Morgan fingerprint density at radius 2 is 1.03 bits per heavy atom. The summed E-state index contributed by atoms with van der Waals surface area (Å²) in [5.41, 5.74) is 0.696. The van der Waals surface area contributed by atoms with Crippen molar-refractivity contribution in [3.05, 3.63) is 121 Å². The van der Waals surface area contributed by atoms with Crippen molar-refractivity contribution in [2.45, 2.75) is 0 Å². The summed E-state index contributed by atoms with van der Waals surface area (Å²) in [6.07, 6.45) is 0. The average molecular weight is 432 g/mol. The molecule has 7 rings (SSSR count). The Morgan fingerprint density at radius 3 is 1.70 bits per heavy atom. The third kappa shape index (κ3) is 2.73. The zero-order valence-electron chi connectivity index (χ0n) is 28.1. The molecule has 0 fully saturated rings. The summed E-state index contributed by atoms with van der Waals surface area (Å²) in [4.78, 5) is 0. The first kappa shape index (κ1) is 10.5. The molecule has 0 unspecified atom stereocenters. The standard InChI is InChI=1S/C32H20O/c1-2-10-21(11-3-1)31-24-13-4-6-15-26(24)32(27-16-7-5-14-25(27)31)22-18-19-30-28(20-22)23-12-8-9-17-29(23)33-30/h1-20H/i4D,5D,6D,7D,13D,14D,15D,16D,18D,19D,20D. The van der Waals surface area contributed by atoms with Gasteiger partial charge in [0.15, 0.2) is 0 Å². The van der Waals surface area contributed by atoms with Crippen LogP contribution in [0.2, 0.25) is 0 Å². The van der Waals surface area contributed by atoms with E-state index in [1.54, 1.807) is 54.6 Å². The van der Waals surface area contributed by atoms with Gasteiger partial charge in [-0.2, -0.15) is 0 Å². The molecule has 0 atom stereocenters. The molecule has 0 spiro atoms. The molecule has 1 heterocycles. The molecule has 0 amide bonds.